The highest BCUT2D eigenvalue weighted by Gasteiger charge is 2.19. The van der Waals surface area contributed by atoms with Crippen LogP contribution in [-0.4, -0.2) is 11.2 Å². The Balaban J connectivity index is 2.16. The second-order valence-corrected chi connectivity index (χ2v) is 5.23. The molecule has 0 radical (unpaired) electrons. The molecule has 1 unspecified atom stereocenters. The van der Waals surface area contributed by atoms with Crippen molar-refractivity contribution in [1.29, 1.82) is 0 Å². The maximum absolute atomic E-state index is 10.0. The molecule has 0 aromatic rings. The number of rotatable bonds is 6. The topological polar surface area (TPSA) is 20.2 Å². The summed E-state index contributed by atoms with van der Waals surface area (Å²) in [5, 5.41) is 10.0. The van der Waals surface area contributed by atoms with E-state index < -0.39 is 0 Å². The van der Waals surface area contributed by atoms with E-state index >= 15 is 0 Å². The van der Waals surface area contributed by atoms with Gasteiger partial charge in [0.1, 0.15) is 0 Å². The molecular formula is C14H28O. The summed E-state index contributed by atoms with van der Waals surface area (Å²) in [5.41, 5.74) is 0. The van der Waals surface area contributed by atoms with Crippen LogP contribution in [0.3, 0.4) is 0 Å². The quantitative estimate of drug-likeness (QED) is 0.701. The zero-order valence-electron chi connectivity index (χ0n) is 10.5. The van der Waals surface area contributed by atoms with Gasteiger partial charge in [-0.3, -0.25) is 0 Å². The molecule has 1 fully saturated rings. The molecule has 1 N–H and O–H groups in total. The first-order valence-corrected chi connectivity index (χ1v) is 6.96. The molecule has 0 aromatic carbocycles. The number of aliphatic hydroxyl groups is 1. The highest BCUT2D eigenvalue weighted by Crippen LogP contribution is 2.29. The Morgan fingerprint density at radius 1 is 1.07 bits per heavy atom. The average molecular weight is 212 g/mol. The standard InChI is InChI=1S/C14H28O/c1-3-13(4-2)14(15)11-10-12-8-6-5-7-9-12/h12-15H,3-11H2,1-2H3. The number of hydrogen-bond donors (Lipinski definition) is 1. The second-order valence-electron chi connectivity index (χ2n) is 5.23. The first-order chi connectivity index (χ1) is 7.27. The summed E-state index contributed by atoms with van der Waals surface area (Å²) >= 11 is 0. The second kappa shape index (κ2) is 7.27. The Morgan fingerprint density at radius 3 is 2.20 bits per heavy atom. The van der Waals surface area contributed by atoms with Crippen LogP contribution in [0.15, 0.2) is 0 Å². The Kier molecular flexibility index (Phi) is 6.31. The fourth-order valence-corrected chi connectivity index (χ4v) is 2.95. The van der Waals surface area contributed by atoms with Crippen molar-refractivity contribution in [2.75, 3.05) is 0 Å². The third-order valence-electron chi connectivity index (χ3n) is 4.19. The van der Waals surface area contributed by atoms with Gasteiger partial charge >= 0.3 is 0 Å². The van der Waals surface area contributed by atoms with Crippen molar-refractivity contribution < 1.29 is 5.11 Å². The SMILES string of the molecule is CCC(CC)C(O)CCC1CCCCC1. The average Bonchev–Trinajstić information content (AvgIpc) is 2.29. The normalized spacial score (nSPS) is 20.8. The van der Waals surface area contributed by atoms with Crippen LogP contribution >= 0.6 is 0 Å². The molecule has 0 saturated heterocycles. The molecule has 1 saturated carbocycles. The van der Waals surface area contributed by atoms with Crippen LogP contribution in [0.5, 0.6) is 0 Å². The summed E-state index contributed by atoms with van der Waals surface area (Å²) in [5.74, 6) is 1.45. The lowest BCUT2D eigenvalue weighted by Crippen LogP contribution is -2.20. The van der Waals surface area contributed by atoms with Crippen molar-refractivity contribution >= 4 is 0 Å². The molecule has 1 atom stereocenters. The fraction of sp³-hybridized carbons (Fsp3) is 1.00. The van der Waals surface area contributed by atoms with Crippen molar-refractivity contribution in [2.45, 2.75) is 77.7 Å². The van der Waals surface area contributed by atoms with E-state index in [1.54, 1.807) is 0 Å². The zero-order chi connectivity index (χ0) is 11.1. The summed E-state index contributed by atoms with van der Waals surface area (Å²) in [7, 11) is 0. The van der Waals surface area contributed by atoms with Crippen LogP contribution in [0.2, 0.25) is 0 Å². The van der Waals surface area contributed by atoms with Crippen molar-refractivity contribution in [2.24, 2.45) is 11.8 Å². The molecule has 1 rings (SSSR count). The molecule has 15 heavy (non-hydrogen) atoms. The van der Waals surface area contributed by atoms with Crippen LogP contribution in [0, 0.1) is 11.8 Å². The minimum Gasteiger partial charge on any atom is -0.393 e. The van der Waals surface area contributed by atoms with E-state index in [1.165, 1.54) is 38.5 Å². The maximum Gasteiger partial charge on any atom is 0.0568 e. The molecule has 0 spiro atoms. The molecule has 0 aliphatic heterocycles. The molecule has 0 amide bonds. The number of hydrogen-bond acceptors (Lipinski definition) is 1. The summed E-state index contributed by atoms with van der Waals surface area (Å²) in [6.07, 6.45) is 11.6. The van der Waals surface area contributed by atoms with Crippen molar-refractivity contribution in [3.8, 4) is 0 Å². The molecule has 1 aliphatic carbocycles. The summed E-state index contributed by atoms with van der Waals surface area (Å²) in [6, 6.07) is 0. The predicted molar refractivity (Wildman–Crippen MR) is 65.9 cm³/mol. The van der Waals surface area contributed by atoms with Crippen molar-refractivity contribution in [3.63, 3.8) is 0 Å². The van der Waals surface area contributed by atoms with E-state index in [9.17, 15) is 5.11 Å². The van der Waals surface area contributed by atoms with Crippen LogP contribution in [-0.2, 0) is 0 Å². The minimum atomic E-state index is -0.0399. The Hall–Kier alpha value is -0.0400. The lowest BCUT2D eigenvalue weighted by Gasteiger charge is -2.25. The van der Waals surface area contributed by atoms with E-state index in [0.29, 0.717) is 5.92 Å². The van der Waals surface area contributed by atoms with Gasteiger partial charge in [-0.05, 0) is 24.7 Å². The largest absolute Gasteiger partial charge is 0.393 e. The van der Waals surface area contributed by atoms with Crippen molar-refractivity contribution in [3.05, 3.63) is 0 Å². The monoisotopic (exact) mass is 212 g/mol. The molecule has 90 valence electrons. The third kappa shape index (κ3) is 4.55. The Bertz CT molecular complexity index is 145. The molecule has 1 aliphatic rings. The lowest BCUT2D eigenvalue weighted by molar-refractivity contribution is 0.0847. The van der Waals surface area contributed by atoms with Gasteiger partial charge in [0.05, 0.1) is 6.10 Å². The van der Waals surface area contributed by atoms with Gasteiger partial charge in [0.15, 0.2) is 0 Å². The predicted octanol–water partition coefficient (Wildman–Crippen LogP) is 4.14. The molecule has 0 bridgehead atoms. The summed E-state index contributed by atoms with van der Waals surface area (Å²) < 4.78 is 0. The highest BCUT2D eigenvalue weighted by atomic mass is 16.3. The first kappa shape index (κ1) is 13.0. The van der Waals surface area contributed by atoms with Gasteiger partial charge < -0.3 is 5.11 Å². The third-order valence-corrected chi connectivity index (χ3v) is 4.19. The van der Waals surface area contributed by atoms with E-state index in [2.05, 4.69) is 13.8 Å². The van der Waals surface area contributed by atoms with Crippen LogP contribution in [0.4, 0.5) is 0 Å². The van der Waals surface area contributed by atoms with E-state index in [0.717, 1.165) is 25.2 Å². The molecular weight excluding hydrogens is 184 g/mol. The first-order valence-electron chi connectivity index (χ1n) is 6.96. The Morgan fingerprint density at radius 2 is 1.67 bits per heavy atom. The van der Waals surface area contributed by atoms with Gasteiger partial charge in [-0.15, -0.1) is 0 Å². The molecule has 1 nitrogen and oxygen atoms in total. The zero-order valence-corrected chi connectivity index (χ0v) is 10.5. The highest BCUT2D eigenvalue weighted by molar-refractivity contribution is 4.71. The van der Waals surface area contributed by atoms with Crippen LogP contribution in [0.1, 0.15) is 71.6 Å². The maximum atomic E-state index is 10.0. The molecule has 1 heteroatoms. The van der Waals surface area contributed by atoms with E-state index in [1.807, 2.05) is 0 Å². The van der Waals surface area contributed by atoms with Crippen molar-refractivity contribution in [1.82, 2.24) is 0 Å². The van der Waals surface area contributed by atoms with Gasteiger partial charge in [0, 0.05) is 0 Å². The van der Waals surface area contributed by atoms with Gasteiger partial charge in [0.2, 0.25) is 0 Å². The molecule has 0 heterocycles. The van der Waals surface area contributed by atoms with Gasteiger partial charge in [-0.1, -0.05) is 58.8 Å². The molecule has 0 aromatic heterocycles. The van der Waals surface area contributed by atoms with E-state index in [4.69, 9.17) is 0 Å². The van der Waals surface area contributed by atoms with Gasteiger partial charge in [-0.2, -0.15) is 0 Å². The summed E-state index contributed by atoms with van der Waals surface area (Å²) in [4.78, 5) is 0. The van der Waals surface area contributed by atoms with Gasteiger partial charge in [0.25, 0.3) is 0 Å². The lowest BCUT2D eigenvalue weighted by atomic mass is 9.83. The van der Waals surface area contributed by atoms with Crippen LogP contribution in [0.25, 0.3) is 0 Å². The minimum absolute atomic E-state index is 0.0399. The van der Waals surface area contributed by atoms with Gasteiger partial charge in [-0.25, -0.2) is 0 Å². The number of aliphatic hydroxyl groups excluding tert-OH is 1. The summed E-state index contributed by atoms with van der Waals surface area (Å²) in [6.45, 7) is 4.38. The smallest absolute Gasteiger partial charge is 0.0568 e. The van der Waals surface area contributed by atoms with Crippen LogP contribution < -0.4 is 0 Å². The fourth-order valence-electron chi connectivity index (χ4n) is 2.95. The Labute approximate surface area is 95.3 Å². The van der Waals surface area contributed by atoms with E-state index in [-0.39, 0.29) is 6.10 Å².